The third-order valence-corrected chi connectivity index (χ3v) is 4.10. The molecule has 0 atom stereocenters. The summed E-state index contributed by atoms with van der Waals surface area (Å²) in [6.07, 6.45) is 3.11. The lowest BCUT2D eigenvalue weighted by molar-refractivity contribution is 0.579. The van der Waals surface area contributed by atoms with Crippen molar-refractivity contribution < 1.29 is 8.42 Å². The van der Waals surface area contributed by atoms with E-state index in [2.05, 4.69) is 20.0 Å². The quantitative estimate of drug-likeness (QED) is 0.703. The summed E-state index contributed by atoms with van der Waals surface area (Å²) in [5.74, 6) is -0.0268. The lowest BCUT2D eigenvalue weighted by Crippen LogP contribution is -2.24. The number of aromatic amines is 1. The summed E-state index contributed by atoms with van der Waals surface area (Å²) < 4.78 is 26.4. The Morgan fingerprint density at radius 3 is 2.45 bits per heavy atom. The van der Waals surface area contributed by atoms with Crippen LogP contribution in [-0.2, 0) is 28.9 Å². The van der Waals surface area contributed by atoms with Crippen LogP contribution < -0.4 is 10.0 Å². The van der Waals surface area contributed by atoms with Crippen LogP contribution in [0.5, 0.6) is 0 Å². The summed E-state index contributed by atoms with van der Waals surface area (Å²) in [5, 5.41) is 3.05. The molecular formula is C13H18N4O2S. The minimum absolute atomic E-state index is 0.0268. The van der Waals surface area contributed by atoms with Gasteiger partial charge in [0.1, 0.15) is 0 Å². The Labute approximate surface area is 118 Å². The smallest absolute Gasteiger partial charge is 0.216 e. The number of nitrogens with one attached hydrogen (secondary N) is 3. The highest BCUT2D eigenvalue weighted by Crippen LogP contribution is 2.08. The van der Waals surface area contributed by atoms with Crippen LogP contribution in [0.2, 0.25) is 0 Å². The average molecular weight is 294 g/mol. The lowest BCUT2D eigenvalue weighted by Gasteiger charge is -2.07. The first-order chi connectivity index (χ1) is 9.59. The van der Waals surface area contributed by atoms with Gasteiger partial charge in [-0.15, -0.1) is 0 Å². The molecule has 0 saturated carbocycles. The average Bonchev–Trinajstić information content (AvgIpc) is 2.92. The highest BCUT2D eigenvalue weighted by molar-refractivity contribution is 7.88. The second-order valence-electron chi connectivity index (χ2n) is 4.50. The molecule has 0 aliphatic rings. The van der Waals surface area contributed by atoms with Crippen LogP contribution in [0.25, 0.3) is 0 Å². The van der Waals surface area contributed by atoms with E-state index in [1.54, 1.807) is 6.20 Å². The maximum absolute atomic E-state index is 11.9. The van der Waals surface area contributed by atoms with Crippen LogP contribution in [0.15, 0.2) is 36.8 Å². The highest BCUT2D eigenvalue weighted by atomic mass is 32.2. The molecule has 0 saturated heterocycles. The fourth-order valence-corrected chi connectivity index (χ4v) is 2.91. The number of imidazole rings is 1. The standard InChI is InChI=1S/C13H18N4O2S/c1-14-6-11-2-4-12(5-3-11)9-20(18,19)17-8-13-7-15-10-16-13/h2-5,7,10,14,17H,6,8-9H2,1H3,(H,15,16). The van der Waals surface area contributed by atoms with Gasteiger partial charge in [-0.2, -0.15) is 0 Å². The molecule has 1 aromatic heterocycles. The minimum atomic E-state index is -3.35. The van der Waals surface area contributed by atoms with Gasteiger partial charge in [0.2, 0.25) is 10.0 Å². The molecule has 0 aliphatic heterocycles. The first-order valence-corrected chi connectivity index (χ1v) is 7.91. The zero-order chi connectivity index (χ0) is 14.4. The van der Waals surface area contributed by atoms with Gasteiger partial charge < -0.3 is 10.3 Å². The Balaban J connectivity index is 1.93. The molecule has 0 amide bonds. The summed E-state index contributed by atoms with van der Waals surface area (Å²) in [4.78, 5) is 6.69. The van der Waals surface area contributed by atoms with Gasteiger partial charge in [0.05, 0.1) is 18.6 Å². The van der Waals surface area contributed by atoms with Gasteiger partial charge in [-0.25, -0.2) is 18.1 Å². The minimum Gasteiger partial charge on any atom is -0.347 e. The molecule has 1 aromatic carbocycles. The summed E-state index contributed by atoms with van der Waals surface area (Å²) in [6, 6.07) is 7.52. The first-order valence-electron chi connectivity index (χ1n) is 6.26. The topological polar surface area (TPSA) is 86.9 Å². The molecular weight excluding hydrogens is 276 g/mol. The van der Waals surface area contributed by atoms with Gasteiger partial charge in [-0.1, -0.05) is 24.3 Å². The van der Waals surface area contributed by atoms with Crippen LogP contribution in [0.4, 0.5) is 0 Å². The van der Waals surface area contributed by atoms with Gasteiger partial charge in [0, 0.05) is 18.4 Å². The molecule has 7 heteroatoms. The second kappa shape index (κ2) is 6.65. The van der Waals surface area contributed by atoms with E-state index in [-0.39, 0.29) is 12.3 Å². The Bertz CT molecular complexity index is 621. The van der Waals surface area contributed by atoms with Crippen molar-refractivity contribution in [2.45, 2.75) is 18.8 Å². The third kappa shape index (κ3) is 4.44. The van der Waals surface area contributed by atoms with E-state index in [1.165, 1.54) is 6.33 Å². The van der Waals surface area contributed by atoms with E-state index in [4.69, 9.17) is 0 Å². The van der Waals surface area contributed by atoms with Crippen molar-refractivity contribution in [3.63, 3.8) is 0 Å². The Morgan fingerprint density at radius 2 is 1.85 bits per heavy atom. The lowest BCUT2D eigenvalue weighted by atomic mass is 10.1. The van der Waals surface area contributed by atoms with Gasteiger partial charge >= 0.3 is 0 Å². The molecule has 6 nitrogen and oxygen atoms in total. The summed E-state index contributed by atoms with van der Waals surface area (Å²) in [5.41, 5.74) is 2.62. The van der Waals surface area contributed by atoms with Crippen molar-refractivity contribution in [2.24, 2.45) is 0 Å². The maximum Gasteiger partial charge on any atom is 0.216 e. The molecule has 108 valence electrons. The first kappa shape index (κ1) is 14.7. The summed E-state index contributed by atoms with van der Waals surface area (Å²) in [7, 11) is -1.48. The zero-order valence-corrected chi connectivity index (χ0v) is 12.1. The van der Waals surface area contributed by atoms with E-state index in [0.717, 1.165) is 23.4 Å². The summed E-state index contributed by atoms with van der Waals surface area (Å²) >= 11 is 0. The largest absolute Gasteiger partial charge is 0.347 e. The molecule has 0 bridgehead atoms. The third-order valence-electron chi connectivity index (χ3n) is 2.80. The van der Waals surface area contributed by atoms with Crippen LogP contribution in [-0.4, -0.2) is 25.4 Å². The van der Waals surface area contributed by atoms with Crippen molar-refractivity contribution in [1.82, 2.24) is 20.0 Å². The van der Waals surface area contributed by atoms with E-state index in [0.29, 0.717) is 0 Å². The number of H-pyrrole nitrogens is 1. The van der Waals surface area contributed by atoms with Gasteiger partial charge in [-0.05, 0) is 18.2 Å². The highest BCUT2D eigenvalue weighted by Gasteiger charge is 2.11. The van der Waals surface area contributed by atoms with Gasteiger partial charge in [0.25, 0.3) is 0 Å². The Hall–Kier alpha value is -1.70. The number of hydrogen-bond acceptors (Lipinski definition) is 4. The molecule has 1 heterocycles. The maximum atomic E-state index is 11.9. The van der Waals surface area contributed by atoms with Crippen molar-refractivity contribution in [3.05, 3.63) is 53.6 Å². The number of aromatic nitrogens is 2. The Morgan fingerprint density at radius 1 is 1.15 bits per heavy atom. The second-order valence-corrected chi connectivity index (χ2v) is 6.31. The van der Waals surface area contributed by atoms with Crippen LogP contribution in [0, 0.1) is 0 Å². The number of sulfonamides is 1. The van der Waals surface area contributed by atoms with Crippen LogP contribution in [0.1, 0.15) is 16.8 Å². The zero-order valence-electron chi connectivity index (χ0n) is 11.3. The van der Waals surface area contributed by atoms with E-state index < -0.39 is 10.0 Å². The van der Waals surface area contributed by atoms with E-state index in [9.17, 15) is 8.42 Å². The molecule has 0 spiro atoms. The van der Waals surface area contributed by atoms with Gasteiger partial charge in [0.15, 0.2) is 0 Å². The monoisotopic (exact) mass is 294 g/mol. The van der Waals surface area contributed by atoms with E-state index in [1.807, 2.05) is 31.3 Å². The molecule has 0 fully saturated rings. The molecule has 0 unspecified atom stereocenters. The predicted octanol–water partition coefficient (Wildman–Crippen LogP) is 0.749. The molecule has 0 radical (unpaired) electrons. The van der Waals surface area contributed by atoms with E-state index >= 15 is 0 Å². The van der Waals surface area contributed by atoms with Crippen molar-refractivity contribution in [1.29, 1.82) is 0 Å². The fourth-order valence-electron chi connectivity index (χ4n) is 1.80. The van der Waals surface area contributed by atoms with Gasteiger partial charge in [-0.3, -0.25) is 0 Å². The normalized spacial score (nSPS) is 11.7. The SMILES string of the molecule is CNCc1ccc(CS(=O)(=O)NCc2cnc[nH]2)cc1. The number of benzene rings is 1. The molecule has 0 aliphatic carbocycles. The molecule has 2 rings (SSSR count). The number of hydrogen-bond donors (Lipinski definition) is 3. The van der Waals surface area contributed by atoms with Crippen LogP contribution in [0.3, 0.4) is 0 Å². The van der Waals surface area contributed by atoms with Crippen molar-refractivity contribution >= 4 is 10.0 Å². The number of rotatable bonds is 7. The fraction of sp³-hybridized carbons (Fsp3) is 0.308. The Kier molecular flexibility index (Phi) is 4.89. The summed E-state index contributed by atoms with van der Waals surface area (Å²) in [6.45, 7) is 0.991. The molecule has 20 heavy (non-hydrogen) atoms. The van der Waals surface area contributed by atoms with Crippen molar-refractivity contribution in [3.8, 4) is 0 Å². The van der Waals surface area contributed by atoms with Crippen LogP contribution >= 0.6 is 0 Å². The predicted molar refractivity (Wildman–Crippen MR) is 77.3 cm³/mol. The molecule has 3 N–H and O–H groups in total. The van der Waals surface area contributed by atoms with Crippen molar-refractivity contribution in [2.75, 3.05) is 7.05 Å². The number of nitrogens with zero attached hydrogens (tertiary/aromatic N) is 1. The molecule has 2 aromatic rings.